The highest BCUT2D eigenvalue weighted by Gasteiger charge is 2.22. The minimum atomic E-state index is 0.573. The summed E-state index contributed by atoms with van der Waals surface area (Å²) in [5.74, 6) is 1.60. The third kappa shape index (κ3) is 3.71. The standard InChI is InChI=1S/C18H19N9S2/c28-18-19-16(15-7-4-12-29-15)21-26(18)13-24-8-10-25(11-9-24)17-20-22-23-27(17)14-5-2-1-3-6-14/h1-7,12H,8-11,13H2,(H,19,21,28). The van der Waals surface area contributed by atoms with E-state index in [4.69, 9.17) is 12.2 Å². The van der Waals surface area contributed by atoms with Crippen LogP contribution in [-0.2, 0) is 6.67 Å². The van der Waals surface area contributed by atoms with Crippen molar-refractivity contribution in [3.8, 4) is 16.4 Å². The van der Waals surface area contributed by atoms with Gasteiger partial charge in [0, 0.05) is 26.2 Å². The third-order valence-corrected chi connectivity index (χ3v) is 6.07. The van der Waals surface area contributed by atoms with Crippen LogP contribution in [0.25, 0.3) is 16.4 Å². The molecule has 0 spiro atoms. The molecule has 0 radical (unpaired) electrons. The average molecular weight is 426 g/mol. The van der Waals surface area contributed by atoms with Gasteiger partial charge in [0.05, 0.1) is 17.2 Å². The maximum Gasteiger partial charge on any atom is 0.250 e. The molecule has 1 fully saturated rings. The molecule has 3 aromatic heterocycles. The van der Waals surface area contributed by atoms with E-state index in [1.54, 1.807) is 16.0 Å². The Labute approximate surface area is 176 Å². The van der Waals surface area contributed by atoms with E-state index in [0.29, 0.717) is 11.4 Å². The molecule has 1 aliphatic rings. The molecule has 1 saturated heterocycles. The monoisotopic (exact) mass is 425 g/mol. The van der Waals surface area contributed by atoms with Gasteiger partial charge in [-0.2, -0.15) is 9.67 Å². The normalized spacial score (nSPS) is 15.1. The number of piperazine rings is 1. The highest BCUT2D eigenvalue weighted by molar-refractivity contribution is 7.71. The number of nitrogens with one attached hydrogen (secondary N) is 1. The van der Waals surface area contributed by atoms with Crippen molar-refractivity contribution in [2.24, 2.45) is 0 Å². The van der Waals surface area contributed by atoms with Crippen molar-refractivity contribution < 1.29 is 0 Å². The Morgan fingerprint density at radius 3 is 2.62 bits per heavy atom. The minimum Gasteiger partial charge on any atom is -0.337 e. The average Bonchev–Trinajstić information content (AvgIpc) is 3.51. The first-order chi connectivity index (χ1) is 14.3. The topological polar surface area (TPSA) is 83.7 Å². The van der Waals surface area contributed by atoms with Gasteiger partial charge in [-0.15, -0.1) is 11.3 Å². The molecule has 11 heteroatoms. The highest BCUT2D eigenvalue weighted by Crippen LogP contribution is 2.21. The zero-order valence-electron chi connectivity index (χ0n) is 15.5. The fourth-order valence-electron chi connectivity index (χ4n) is 3.38. The smallest absolute Gasteiger partial charge is 0.250 e. The lowest BCUT2D eigenvalue weighted by Gasteiger charge is -2.34. The quantitative estimate of drug-likeness (QED) is 0.492. The van der Waals surface area contributed by atoms with Crippen LogP contribution in [0, 0.1) is 4.77 Å². The first-order valence-corrected chi connectivity index (χ1v) is 10.6. The molecule has 1 aliphatic heterocycles. The van der Waals surface area contributed by atoms with Crippen LogP contribution in [0.5, 0.6) is 0 Å². The summed E-state index contributed by atoms with van der Waals surface area (Å²) in [6, 6.07) is 14.0. The fraction of sp³-hybridized carbons (Fsp3) is 0.278. The van der Waals surface area contributed by atoms with Gasteiger partial charge in [0.25, 0.3) is 0 Å². The Hall–Kier alpha value is -2.89. The van der Waals surface area contributed by atoms with Gasteiger partial charge in [0.15, 0.2) is 5.82 Å². The summed E-state index contributed by atoms with van der Waals surface area (Å²) >= 11 is 7.08. The van der Waals surface area contributed by atoms with E-state index < -0.39 is 0 Å². The first kappa shape index (κ1) is 18.2. The lowest BCUT2D eigenvalue weighted by atomic mass is 10.3. The molecular formula is C18H19N9S2. The molecule has 9 nitrogen and oxygen atoms in total. The van der Waals surface area contributed by atoms with Crippen LogP contribution in [0.1, 0.15) is 0 Å². The van der Waals surface area contributed by atoms with Crippen molar-refractivity contribution in [1.82, 2.24) is 39.9 Å². The molecule has 0 unspecified atom stereocenters. The summed E-state index contributed by atoms with van der Waals surface area (Å²) in [6.07, 6.45) is 0. The van der Waals surface area contributed by atoms with Crippen molar-refractivity contribution in [2.75, 3.05) is 31.1 Å². The second kappa shape index (κ2) is 7.85. The van der Waals surface area contributed by atoms with Crippen molar-refractivity contribution >= 4 is 29.5 Å². The number of tetrazole rings is 1. The van der Waals surface area contributed by atoms with Gasteiger partial charge in [0.2, 0.25) is 10.7 Å². The zero-order valence-corrected chi connectivity index (χ0v) is 17.2. The number of aromatic nitrogens is 7. The molecule has 148 valence electrons. The Balaban J connectivity index is 1.25. The number of anilines is 1. The van der Waals surface area contributed by atoms with Crippen LogP contribution < -0.4 is 4.90 Å². The molecule has 0 amide bonds. The van der Waals surface area contributed by atoms with E-state index in [2.05, 4.69) is 35.4 Å². The van der Waals surface area contributed by atoms with E-state index >= 15 is 0 Å². The maximum absolute atomic E-state index is 5.43. The van der Waals surface area contributed by atoms with Gasteiger partial charge < -0.3 is 4.90 Å². The number of H-pyrrole nitrogens is 1. The van der Waals surface area contributed by atoms with E-state index in [9.17, 15) is 0 Å². The molecule has 29 heavy (non-hydrogen) atoms. The van der Waals surface area contributed by atoms with E-state index in [1.165, 1.54) is 0 Å². The van der Waals surface area contributed by atoms with E-state index in [1.807, 2.05) is 52.5 Å². The summed E-state index contributed by atoms with van der Waals surface area (Å²) in [5, 5.41) is 17.6. The second-order valence-electron chi connectivity index (χ2n) is 6.73. The first-order valence-electron chi connectivity index (χ1n) is 9.30. The predicted molar refractivity (Wildman–Crippen MR) is 114 cm³/mol. The summed E-state index contributed by atoms with van der Waals surface area (Å²) < 4.78 is 4.28. The number of benzene rings is 1. The summed E-state index contributed by atoms with van der Waals surface area (Å²) in [7, 11) is 0. The molecule has 0 aliphatic carbocycles. The Bertz CT molecular complexity index is 1120. The summed E-state index contributed by atoms with van der Waals surface area (Å²) in [5.41, 5.74) is 0.958. The number of thiophene rings is 1. The Morgan fingerprint density at radius 2 is 1.86 bits per heavy atom. The van der Waals surface area contributed by atoms with E-state index in [0.717, 1.165) is 48.5 Å². The molecule has 0 atom stereocenters. The summed E-state index contributed by atoms with van der Waals surface area (Å²) in [6.45, 7) is 4.14. The molecule has 5 rings (SSSR count). The van der Waals surface area contributed by atoms with Crippen molar-refractivity contribution in [3.05, 3.63) is 52.6 Å². The largest absolute Gasteiger partial charge is 0.337 e. The van der Waals surface area contributed by atoms with Crippen molar-refractivity contribution in [2.45, 2.75) is 6.67 Å². The molecule has 4 aromatic rings. The Morgan fingerprint density at radius 1 is 1.03 bits per heavy atom. The van der Waals surface area contributed by atoms with Crippen LogP contribution >= 0.6 is 23.6 Å². The van der Waals surface area contributed by atoms with Gasteiger partial charge in [-0.05, 0) is 46.2 Å². The SMILES string of the molecule is S=c1nc(-c2cccs2)[nH]n1CN1CCN(c2nnnn2-c2ccccc2)CC1. The van der Waals surface area contributed by atoms with Gasteiger partial charge in [0.1, 0.15) is 0 Å². The molecule has 1 aromatic carbocycles. The zero-order chi connectivity index (χ0) is 19.6. The van der Waals surface area contributed by atoms with Gasteiger partial charge in [-0.25, -0.2) is 4.68 Å². The molecule has 1 N–H and O–H groups in total. The van der Waals surface area contributed by atoms with Crippen LogP contribution in [0.15, 0.2) is 47.8 Å². The predicted octanol–water partition coefficient (Wildman–Crippen LogP) is 2.42. The fourth-order valence-corrected chi connectivity index (χ4v) is 4.24. The van der Waals surface area contributed by atoms with E-state index in [-0.39, 0.29) is 0 Å². The third-order valence-electron chi connectivity index (χ3n) is 4.88. The van der Waals surface area contributed by atoms with Gasteiger partial charge >= 0.3 is 0 Å². The number of aromatic amines is 1. The van der Waals surface area contributed by atoms with Crippen LogP contribution in [0.2, 0.25) is 0 Å². The highest BCUT2D eigenvalue weighted by atomic mass is 32.1. The van der Waals surface area contributed by atoms with Crippen molar-refractivity contribution in [3.63, 3.8) is 0 Å². The molecular weight excluding hydrogens is 406 g/mol. The minimum absolute atomic E-state index is 0.573. The van der Waals surface area contributed by atoms with Crippen LogP contribution in [0.3, 0.4) is 0 Å². The number of rotatable bonds is 5. The maximum atomic E-state index is 5.43. The van der Waals surface area contributed by atoms with Crippen LogP contribution in [0.4, 0.5) is 5.95 Å². The number of hydrogen-bond donors (Lipinski definition) is 1. The summed E-state index contributed by atoms with van der Waals surface area (Å²) in [4.78, 5) is 10.1. The van der Waals surface area contributed by atoms with Crippen LogP contribution in [-0.4, -0.2) is 66.1 Å². The molecule has 0 bridgehead atoms. The molecule has 4 heterocycles. The lowest BCUT2D eigenvalue weighted by Crippen LogP contribution is -2.47. The lowest BCUT2D eigenvalue weighted by molar-refractivity contribution is 0.193. The van der Waals surface area contributed by atoms with Crippen molar-refractivity contribution in [1.29, 1.82) is 0 Å². The Kier molecular flexibility index (Phi) is 4.92. The number of para-hydroxylation sites is 1. The second-order valence-corrected chi connectivity index (χ2v) is 8.05. The van der Waals surface area contributed by atoms with Gasteiger partial charge in [-0.3, -0.25) is 10.00 Å². The number of nitrogens with zero attached hydrogens (tertiary/aromatic N) is 8. The number of hydrogen-bond acceptors (Lipinski definition) is 8. The molecule has 0 saturated carbocycles. The van der Waals surface area contributed by atoms with Gasteiger partial charge in [-0.1, -0.05) is 29.4 Å².